The van der Waals surface area contributed by atoms with E-state index in [2.05, 4.69) is 15.3 Å². The van der Waals surface area contributed by atoms with Crippen LogP contribution < -0.4 is 5.32 Å². The molecular weight excluding hydrogens is 254 g/mol. The summed E-state index contributed by atoms with van der Waals surface area (Å²) in [6.45, 7) is 0.803. The minimum Gasteiger partial charge on any atom is -0.341 e. The maximum atomic E-state index is 5.94. The maximum absolute atomic E-state index is 5.94. The number of imidazole rings is 1. The van der Waals surface area contributed by atoms with Gasteiger partial charge in [-0.05, 0) is 30.4 Å². The lowest BCUT2D eigenvalue weighted by Crippen LogP contribution is -2.28. The number of aromatic nitrogens is 2. The van der Waals surface area contributed by atoms with Crippen LogP contribution in [0.4, 0.5) is 0 Å². The van der Waals surface area contributed by atoms with Gasteiger partial charge in [0, 0.05) is 16.8 Å². The van der Waals surface area contributed by atoms with Crippen molar-refractivity contribution in [3.05, 3.63) is 29.0 Å². The normalized spacial score (nSPS) is 20.2. The third-order valence-corrected chi connectivity index (χ3v) is 4.38. The van der Waals surface area contributed by atoms with Crippen LogP contribution >= 0.6 is 23.4 Å². The third kappa shape index (κ3) is 2.59. The minimum absolute atomic E-state index is 0.636. The summed E-state index contributed by atoms with van der Waals surface area (Å²) in [7, 11) is 0. The van der Waals surface area contributed by atoms with Gasteiger partial charge in [0.25, 0.3) is 0 Å². The number of thioether (sulfide) groups is 1. The Morgan fingerprint density at radius 1 is 1.53 bits per heavy atom. The fourth-order valence-electron chi connectivity index (χ4n) is 2.05. The smallest absolute Gasteiger partial charge is 0.121 e. The van der Waals surface area contributed by atoms with Crippen molar-refractivity contribution >= 4 is 34.4 Å². The van der Waals surface area contributed by atoms with E-state index in [9.17, 15) is 0 Å². The molecule has 1 atom stereocenters. The molecule has 90 valence electrons. The highest BCUT2D eigenvalue weighted by atomic mass is 35.5. The molecule has 1 aliphatic rings. The van der Waals surface area contributed by atoms with Crippen LogP contribution in [0, 0.1) is 0 Å². The highest BCUT2D eigenvalue weighted by Gasteiger charge is 2.15. The fraction of sp³-hybridized carbons (Fsp3) is 0.417. The van der Waals surface area contributed by atoms with Crippen LogP contribution in [0.15, 0.2) is 18.2 Å². The summed E-state index contributed by atoms with van der Waals surface area (Å²) in [5.41, 5.74) is 1.99. The Balaban J connectivity index is 1.72. The SMILES string of the molecule is Clc1ccc2nc(CN[C@H]3CCSC3)[nH]c2c1. The van der Waals surface area contributed by atoms with Gasteiger partial charge in [-0.2, -0.15) is 11.8 Å². The first-order chi connectivity index (χ1) is 8.31. The fourth-order valence-corrected chi connectivity index (χ4v) is 3.41. The first-order valence-electron chi connectivity index (χ1n) is 5.76. The van der Waals surface area contributed by atoms with E-state index in [1.807, 2.05) is 30.0 Å². The first-order valence-corrected chi connectivity index (χ1v) is 7.30. The van der Waals surface area contributed by atoms with E-state index in [1.54, 1.807) is 0 Å². The lowest BCUT2D eigenvalue weighted by molar-refractivity contribution is 0.547. The van der Waals surface area contributed by atoms with Gasteiger partial charge in [-0.3, -0.25) is 0 Å². The Kier molecular flexibility index (Phi) is 3.27. The largest absolute Gasteiger partial charge is 0.341 e. The topological polar surface area (TPSA) is 40.7 Å². The molecule has 0 bridgehead atoms. The second-order valence-corrected chi connectivity index (χ2v) is 5.87. The number of hydrogen-bond donors (Lipinski definition) is 2. The Morgan fingerprint density at radius 3 is 3.29 bits per heavy atom. The molecule has 0 radical (unpaired) electrons. The molecule has 0 spiro atoms. The molecule has 1 aromatic carbocycles. The minimum atomic E-state index is 0.636. The van der Waals surface area contributed by atoms with E-state index in [0.717, 1.165) is 28.4 Å². The molecule has 2 N–H and O–H groups in total. The van der Waals surface area contributed by atoms with Crippen molar-refractivity contribution in [1.82, 2.24) is 15.3 Å². The van der Waals surface area contributed by atoms with Gasteiger partial charge in [-0.1, -0.05) is 11.6 Å². The number of aromatic amines is 1. The summed E-state index contributed by atoms with van der Waals surface area (Å²) < 4.78 is 0. The molecule has 3 nitrogen and oxygen atoms in total. The summed E-state index contributed by atoms with van der Waals surface area (Å²) in [6, 6.07) is 6.37. The van der Waals surface area contributed by atoms with E-state index >= 15 is 0 Å². The van der Waals surface area contributed by atoms with Gasteiger partial charge in [0.15, 0.2) is 0 Å². The van der Waals surface area contributed by atoms with Gasteiger partial charge in [-0.25, -0.2) is 4.98 Å². The van der Waals surface area contributed by atoms with Gasteiger partial charge in [0.05, 0.1) is 17.6 Å². The molecule has 1 fully saturated rings. The number of hydrogen-bond acceptors (Lipinski definition) is 3. The molecular formula is C12H14ClN3S. The van der Waals surface area contributed by atoms with Crippen molar-refractivity contribution < 1.29 is 0 Å². The van der Waals surface area contributed by atoms with Gasteiger partial charge >= 0.3 is 0 Å². The van der Waals surface area contributed by atoms with Crippen molar-refractivity contribution in [1.29, 1.82) is 0 Å². The van der Waals surface area contributed by atoms with Crippen molar-refractivity contribution in [2.75, 3.05) is 11.5 Å². The molecule has 0 saturated carbocycles. The Bertz CT molecular complexity index is 519. The van der Waals surface area contributed by atoms with E-state index < -0.39 is 0 Å². The van der Waals surface area contributed by atoms with Crippen molar-refractivity contribution in [2.45, 2.75) is 19.0 Å². The van der Waals surface area contributed by atoms with E-state index in [-0.39, 0.29) is 0 Å². The zero-order valence-electron chi connectivity index (χ0n) is 9.37. The van der Waals surface area contributed by atoms with Crippen LogP contribution in [-0.2, 0) is 6.54 Å². The molecule has 17 heavy (non-hydrogen) atoms. The lowest BCUT2D eigenvalue weighted by atomic mass is 10.2. The lowest BCUT2D eigenvalue weighted by Gasteiger charge is -2.08. The zero-order chi connectivity index (χ0) is 11.7. The molecule has 5 heteroatoms. The monoisotopic (exact) mass is 267 g/mol. The predicted molar refractivity (Wildman–Crippen MR) is 73.7 cm³/mol. The van der Waals surface area contributed by atoms with E-state index in [4.69, 9.17) is 11.6 Å². The Hall–Kier alpha value is -0.710. The summed E-state index contributed by atoms with van der Waals surface area (Å²) >= 11 is 7.96. The second kappa shape index (κ2) is 4.88. The molecule has 0 aliphatic carbocycles. The van der Waals surface area contributed by atoms with Crippen LogP contribution in [0.3, 0.4) is 0 Å². The standard InChI is InChI=1S/C12H14ClN3S/c13-8-1-2-10-11(5-8)16-12(15-10)6-14-9-3-4-17-7-9/h1-2,5,9,14H,3-4,6-7H2,(H,15,16)/t9-/m0/s1. The van der Waals surface area contributed by atoms with Crippen LogP contribution in [0.5, 0.6) is 0 Å². The molecule has 1 aromatic heterocycles. The summed E-state index contributed by atoms with van der Waals surface area (Å²) in [6.07, 6.45) is 1.26. The molecule has 3 rings (SSSR count). The summed E-state index contributed by atoms with van der Waals surface area (Å²) in [4.78, 5) is 7.83. The van der Waals surface area contributed by atoms with Gasteiger partial charge in [0.1, 0.15) is 5.82 Å². The molecule has 0 amide bonds. The molecule has 2 aromatic rings. The highest BCUT2D eigenvalue weighted by Crippen LogP contribution is 2.19. The van der Waals surface area contributed by atoms with Crippen molar-refractivity contribution in [3.63, 3.8) is 0 Å². The van der Waals surface area contributed by atoms with Crippen LogP contribution in [0.25, 0.3) is 11.0 Å². The number of H-pyrrole nitrogens is 1. The number of nitrogens with one attached hydrogen (secondary N) is 2. The highest BCUT2D eigenvalue weighted by molar-refractivity contribution is 7.99. The van der Waals surface area contributed by atoms with Gasteiger partial charge in [0.2, 0.25) is 0 Å². The number of halogens is 1. The van der Waals surface area contributed by atoms with Crippen LogP contribution in [-0.4, -0.2) is 27.5 Å². The second-order valence-electron chi connectivity index (χ2n) is 4.29. The molecule has 1 aliphatic heterocycles. The van der Waals surface area contributed by atoms with E-state index in [1.165, 1.54) is 17.9 Å². The molecule has 0 unspecified atom stereocenters. The number of nitrogens with zero attached hydrogens (tertiary/aromatic N) is 1. The number of fused-ring (bicyclic) bond motifs is 1. The average Bonchev–Trinajstić information content (AvgIpc) is 2.94. The first kappa shape index (κ1) is 11.4. The third-order valence-electron chi connectivity index (χ3n) is 2.98. The number of benzene rings is 1. The van der Waals surface area contributed by atoms with Crippen LogP contribution in [0.2, 0.25) is 5.02 Å². The van der Waals surface area contributed by atoms with Crippen molar-refractivity contribution in [3.8, 4) is 0 Å². The average molecular weight is 268 g/mol. The quantitative estimate of drug-likeness (QED) is 0.899. The van der Waals surface area contributed by atoms with Gasteiger partial charge in [-0.15, -0.1) is 0 Å². The van der Waals surface area contributed by atoms with E-state index in [0.29, 0.717) is 6.04 Å². The summed E-state index contributed by atoms with van der Waals surface area (Å²) in [5, 5.41) is 4.27. The van der Waals surface area contributed by atoms with Gasteiger partial charge < -0.3 is 10.3 Å². The molecule has 2 heterocycles. The maximum Gasteiger partial charge on any atom is 0.121 e. The van der Waals surface area contributed by atoms with Crippen LogP contribution in [0.1, 0.15) is 12.2 Å². The Labute approximate surface area is 109 Å². The van der Waals surface area contributed by atoms with Crippen molar-refractivity contribution in [2.24, 2.45) is 0 Å². The zero-order valence-corrected chi connectivity index (χ0v) is 10.9. The number of rotatable bonds is 3. The molecule has 1 saturated heterocycles. The summed E-state index contributed by atoms with van der Waals surface area (Å²) in [5.74, 6) is 3.47. The Morgan fingerprint density at radius 2 is 2.47 bits per heavy atom. The predicted octanol–water partition coefficient (Wildman–Crippen LogP) is 2.81.